The van der Waals surface area contributed by atoms with Gasteiger partial charge in [0.2, 0.25) is 5.91 Å². The molecule has 3 amide bonds. The largest absolute Gasteiger partial charge is 0.489 e. The highest BCUT2D eigenvalue weighted by atomic mass is 35.5. The number of anilines is 2. The summed E-state index contributed by atoms with van der Waals surface area (Å²) >= 11 is 13.7. The maximum absolute atomic E-state index is 13.7. The van der Waals surface area contributed by atoms with Crippen molar-refractivity contribution in [2.24, 2.45) is 0 Å². The minimum atomic E-state index is -0.517. The molecule has 1 atom stereocenters. The van der Waals surface area contributed by atoms with Crippen LogP contribution in [-0.2, 0) is 16.2 Å². The molecule has 49 heavy (non-hydrogen) atoms. The maximum Gasteiger partial charge on any atom is 0.272 e. The van der Waals surface area contributed by atoms with Gasteiger partial charge in [-0.25, -0.2) is 0 Å². The Labute approximate surface area is 299 Å². The van der Waals surface area contributed by atoms with Gasteiger partial charge < -0.3 is 20.7 Å². The molecule has 3 N–H and O–H groups in total. The standard InChI is InChI=1S/C39H33Cl2N3O4S/c1-2-35(39(47)43-33-18-10-17-32(40)36(33)41)49-31-16-9-15-29(24-31)42-38(46)34(44-37(45)28-13-7-4-8-14-28)23-26-19-21-30(22-20-26)48-25-27-11-5-3-6-12-27/h3-24,35H,2,25H2,1H3,(H,42,46)(H,43,47)(H,44,45)/b34-23+. The van der Waals surface area contributed by atoms with E-state index in [1.165, 1.54) is 11.8 Å². The third-order valence-corrected chi connectivity index (χ3v) is 9.39. The summed E-state index contributed by atoms with van der Waals surface area (Å²) in [7, 11) is 0. The Hall–Kier alpha value is -5.02. The monoisotopic (exact) mass is 709 g/mol. The van der Waals surface area contributed by atoms with Crippen molar-refractivity contribution in [3.8, 4) is 5.75 Å². The van der Waals surface area contributed by atoms with Gasteiger partial charge in [-0.2, -0.15) is 0 Å². The molecule has 1 unspecified atom stereocenters. The van der Waals surface area contributed by atoms with Crippen LogP contribution in [0.4, 0.5) is 11.4 Å². The molecule has 5 rings (SSSR count). The quantitative estimate of drug-likeness (QED) is 0.0836. The summed E-state index contributed by atoms with van der Waals surface area (Å²) in [5.74, 6) is -0.497. The Bertz CT molecular complexity index is 1940. The van der Waals surface area contributed by atoms with E-state index in [-0.39, 0.29) is 16.6 Å². The van der Waals surface area contributed by atoms with Crippen LogP contribution in [0.1, 0.15) is 34.8 Å². The number of benzene rings is 5. The van der Waals surface area contributed by atoms with Gasteiger partial charge in [-0.3, -0.25) is 14.4 Å². The van der Waals surface area contributed by atoms with Gasteiger partial charge >= 0.3 is 0 Å². The van der Waals surface area contributed by atoms with E-state index in [1.54, 1.807) is 66.7 Å². The zero-order valence-electron chi connectivity index (χ0n) is 26.5. The van der Waals surface area contributed by atoms with Crippen molar-refractivity contribution in [1.82, 2.24) is 5.32 Å². The Morgan fingerprint density at radius 3 is 2.20 bits per heavy atom. The number of carbonyl (C=O) groups excluding carboxylic acids is 3. The average molecular weight is 711 g/mol. The van der Waals surface area contributed by atoms with Crippen LogP contribution >= 0.6 is 35.0 Å². The van der Waals surface area contributed by atoms with E-state index in [1.807, 2.05) is 73.7 Å². The molecule has 5 aromatic carbocycles. The summed E-state index contributed by atoms with van der Waals surface area (Å²) < 4.78 is 5.89. The molecule has 0 saturated heterocycles. The summed E-state index contributed by atoms with van der Waals surface area (Å²) in [6, 6.07) is 38.0. The van der Waals surface area contributed by atoms with Crippen LogP contribution < -0.4 is 20.7 Å². The van der Waals surface area contributed by atoms with E-state index in [0.29, 0.717) is 46.3 Å². The topological polar surface area (TPSA) is 96.5 Å². The molecular weight excluding hydrogens is 677 g/mol. The minimum absolute atomic E-state index is 0.0501. The van der Waals surface area contributed by atoms with E-state index >= 15 is 0 Å². The molecule has 0 aromatic heterocycles. The number of nitrogens with one attached hydrogen (secondary N) is 3. The fourth-order valence-corrected chi connectivity index (χ4v) is 6.02. The molecule has 0 aliphatic rings. The Morgan fingerprint density at radius 2 is 1.49 bits per heavy atom. The second-order valence-electron chi connectivity index (χ2n) is 10.8. The molecule has 0 aliphatic carbocycles. The van der Waals surface area contributed by atoms with Gasteiger partial charge in [0.1, 0.15) is 18.1 Å². The van der Waals surface area contributed by atoms with E-state index in [9.17, 15) is 14.4 Å². The van der Waals surface area contributed by atoms with Gasteiger partial charge in [0.05, 0.1) is 21.0 Å². The van der Waals surface area contributed by atoms with Crippen molar-refractivity contribution in [3.63, 3.8) is 0 Å². The smallest absolute Gasteiger partial charge is 0.272 e. The highest BCUT2D eigenvalue weighted by molar-refractivity contribution is 8.00. The summed E-state index contributed by atoms with van der Waals surface area (Å²) in [6.45, 7) is 2.34. The van der Waals surface area contributed by atoms with Crippen molar-refractivity contribution < 1.29 is 19.1 Å². The molecule has 0 radical (unpaired) electrons. The Morgan fingerprint density at radius 1 is 0.796 bits per heavy atom. The minimum Gasteiger partial charge on any atom is -0.489 e. The van der Waals surface area contributed by atoms with Crippen molar-refractivity contribution in [2.45, 2.75) is 30.1 Å². The third kappa shape index (κ3) is 10.2. The number of hydrogen-bond acceptors (Lipinski definition) is 5. The predicted molar refractivity (Wildman–Crippen MR) is 199 cm³/mol. The number of amides is 3. The number of ether oxygens (including phenoxy) is 1. The van der Waals surface area contributed by atoms with Gasteiger partial charge in [0.25, 0.3) is 11.8 Å². The van der Waals surface area contributed by atoms with E-state index < -0.39 is 17.1 Å². The first kappa shape index (κ1) is 35.3. The fourth-order valence-electron chi connectivity index (χ4n) is 4.66. The van der Waals surface area contributed by atoms with Crippen molar-refractivity contribution >= 4 is 70.1 Å². The van der Waals surface area contributed by atoms with E-state index in [4.69, 9.17) is 27.9 Å². The molecule has 0 spiro atoms. The van der Waals surface area contributed by atoms with E-state index in [2.05, 4.69) is 16.0 Å². The van der Waals surface area contributed by atoms with Gasteiger partial charge in [-0.05, 0) is 78.2 Å². The molecular formula is C39H33Cl2N3O4S. The first-order valence-electron chi connectivity index (χ1n) is 15.5. The molecule has 248 valence electrons. The molecule has 10 heteroatoms. The molecule has 0 fully saturated rings. The van der Waals surface area contributed by atoms with Gasteiger partial charge in [0.15, 0.2) is 0 Å². The second-order valence-corrected chi connectivity index (χ2v) is 12.9. The summed E-state index contributed by atoms with van der Waals surface area (Å²) in [6.07, 6.45) is 2.15. The Balaban J connectivity index is 1.30. The number of carbonyl (C=O) groups is 3. The normalized spacial score (nSPS) is 11.7. The maximum atomic E-state index is 13.7. The van der Waals surface area contributed by atoms with Crippen LogP contribution in [-0.4, -0.2) is 23.0 Å². The lowest BCUT2D eigenvalue weighted by atomic mass is 10.1. The lowest BCUT2D eigenvalue weighted by Crippen LogP contribution is -2.30. The molecule has 0 heterocycles. The van der Waals surface area contributed by atoms with Crippen LogP contribution in [0.15, 0.2) is 138 Å². The molecule has 5 aromatic rings. The van der Waals surface area contributed by atoms with Crippen LogP contribution in [0.2, 0.25) is 10.0 Å². The van der Waals surface area contributed by atoms with Crippen molar-refractivity contribution in [1.29, 1.82) is 0 Å². The first-order chi connectivity index (χ1) is 23.8. The number of thioether (sulfide) groups is 1. The highest BCUT2D eigenvalue weighted by Crippen LogP contribution is 2.32. The number of rotatable bonds is 13. The summed E-state index contributed by atoms with van der Waals surface area (Å²) in [5, 5.41) is 8.69. The lowest BCUT2D eigenvalue weighted by Gasteiger charge is -2.16. The fraction of sp³-hybridized carbons (Fsp3) is 0.103. The van der Waals surface area contributed by atoms with Gasteiger partial charge in [-0.15, -0.1) is 11.8 Å². The molecule has 0 aliphatic heterocycles. The molecule has 0 bridgehead atoms. The van der Waals surface area contributed by atoms with Crippen molar-refractivity contribution in [2.75, 3.05) is 10.6 Å². The molecule has 0 saturated carbocycles. The average Bonchev–Trinajstić information content (AvgIpc) is 3.12. The Kier molecular flexibility index (Phi) is 12.5. The summed E-state index contributed by atoms with van der Waals surface area (Å²) in [4.78, 5) is 40.7. The van der Waals surface area contributed by atoms with Crippen LogP contribution in [0.3, 0.4) is 0 Å². The predicted octanol–water partition coefficient (Wildman–Crippen LogP) is 9.49. The SMILES string of the molecule is CCC(Sc1cccc(NC(=O)/C(=C\c2ccc(OCc3ccccc3)cc2)NC(=O)c2ccccc2)c1)C(=O)Nc1cccc(Cl)c1Cl. The molecule has 7 nitrogen and oxygen atoms in total. The lowest BCUT2D eigenvalue weighted by molar-refractivity contribution is -0.116. The number of halogens is 2. The highest BCUT2D eigenvalue weighted by Gasteiger charge is 2.20. The van der Waals surface area contributed by atoms with Gasteiger partial charge in [-0.1, -0.05) is 103 Å². The van der Waals surface area contributed by atoms with Crippen LogP contribution in [0.25, 0.3) is 6.08 Å². The van der Waals surface area contributed by atoms with Crippen LogP contribution in [0, 0.1) is 0 Å². The van der Waals surface area contributed by atoms with Crippen LogP contribution in [0.5, 0.6) is 5.75 Å². The van der Waals surface area contributed by atoms with Gasteiger partial charge in [0, 0.05) is 16.1 Å². The summed E-state index contributed by atoms with van der Waals surface area (Å²) in [5.41, 5.74) is 3.12. The van der Waals surface area contributed by atoms with Crippen molar-refractivity contribution in [3.05, 3.63) is 160 Å². The first-order valence-corrected chi connectivity index (χ1v) is 17.1. The zero-order chi connectivity index (χ0) is 34.6. The third-order valence-electron chi connectivity index (χ3n) is 7.21. The van der Waals surface area contributed by atoms with E-state index in [0.717, 1.165) is 10.5 Å². The zero-order valence-corrected chi connectivity index (χ0v) is 28.8. The second kappa shape index (κ2) is 17.4. The number of hydrogen-bond donors (Lipinski definition) is 3.